The van der Waals surface area contributed by atoms with Crippen molar-refractivity contribution in [1.82, 2.24) is 0 Å². The quantitative estimate of drug-likeness (QED) is 0.435. The van der Waals surface area contributed by atoms with E-state index < -0.39 is 0 Å². The number of hydrogen-bond acceptors (Lipinski definition) is 2. The van der Waals surface area contributed by atoms with Gasteiger partial charge in [0.1, 0.15) is 6.26 Å². The van der Waals surface area contributed by atoms with Crippen LogP contribution in [-0.2, 0) is 0 Å². The molecule has 58 valence electrons. The van der Waals surface area contributed by atoms with Gasteiger partial charge in [-0.15, -0.1) is 0 Å². The zero-order chi connectivity index (χ0) is 8.20. The summed E-state index contributed by atoms with van der Waals surface area (Å²) in [6.45, 7) is 6.00. The Kier molecular flexibility index (Phi) is 3.93. The van der Waals surface area contributed by atoms with Gasteiger partial charge in [0.05, 0.1) is 9.92 Å². The Morgan fingerprint density at radius 1 is 1.50 bits per heavy atom. The van der Waals surface area contributed by atoms with Crippen molar-refractivity contribution in [2.24, 2.45) is 10.4 Å². The molecule has 0 saturated carbocycles. The minimum absolute atomic E-state index is 0.0730. The number of aliphatic hydroxyl groups excluding tert-OH is 1. The van der Waals surface area contributed by atoms with E-state index in [-0.39, 0.29) is 5.41 Å². The summed E-state index contributed by atoms with van der Waals surface area (Å²) in [5.41, 5.74) is 0.623. The predicted octanol–water partition coefficient (Wildman–Crippen LogP) is 2.90. The fraction of sp³-hybridized carbons (Fsp3) is 0.571. The lowest BCUT2D eigenvalue weighted by Crippen LogP contribution is -2.07. The lowest BCUT2D eigenvalue weighted by molar-refractivity contribution is 0.422. The molecule has 0 aliphatic rings. The summed E-state index contributed by atoms with van der Waals surface area (Å²) in [5, 5.41) is 8.71. The van der Waals surface area contributed by atoms with Gasteiger partial charge in [-0.25, -0.2) is 0 Å². The van der Waals surface area contributed by atoms with Crippen molar-refractivity contribution in [2.45, 2.75) is 20.8 Å². The Labute approximate surface area is 75.2 Å². The third kappa shape index (κ3) is 3.20. The molecule has 3 heteroatoms. The highest BCUT2D eigenvalue weighted by molar-refractivity contribution is 14.1. The van der Waals surface area contributed by atoms with Crippen molar-refractivity contribution in [3.05, 3.63) is 12.0 Å². The Bertz CT molecular complexity index is 155. The lowest BCUT2D eigenvalue weighted by atomic mass is 9.93. The lowest BCUT2D eigenvalue weighted by Gasteiger charge is -2.16. The SMILES string of the molecule is CC(C)(C)/C(=C/O)N=CI. The highest BCUT2D eigenvalue weighted by Gasteiger charge is 2.15. The van der Waals surface area contributed by atoms with E-state index in [1.165, 1.54) is 0 Å². The van der Waals surface area contributed by atoms with E-state index in [9.17, 15) is 0 Å². The number of halogens is 1. The van der Waals surface area contributed by atoms with Crippen LogP contribution in [0.1, 0.15) is 20.8 Å². The molecule has 0 amide bonds. The van der Waals surface area contributed by atoms with Gasteiger partial charge in [-0.3, -0.25) is 4.99 Å². The minimum Gasteiger partial charge on any atom is -0.514 e. The van der Waals surface area contributed by atoms with Crippen LogP contribution in [0, 0.1) is 5.41 Å². The highest BCUT2D eigenvalue weighted by Crippen LogP contribution is 2.25. The smallest absolute Gasteiger partial charge is 0.101 e. The van der Waals surface area contributed by atoms with Crippen molar-refractivity contribution < 1.29 is 5.11 Å². The molecule has 1 N–H and O–H groups in total. The van der Waals surface area contributed by atoms with Crippen molar-refractivity contribution in [2.75, 3.05) is 0 Å². The monoisotopic (exact) mass is 253 g/mol. The first-order valence-electron chi connectivity index (χ1n) is 3.00. The first kappa shape index (κ1) is 9.94. The number of aliphatic hydroxyl groups is 1. The number of aliphatic imine (C=N–C) groups is 1. The Morgan fingerprint density at radius 2 is 2.00 bits per heavy atom. The third-order valence-electron chi connectivity index (χ3n) is 1.08. The second-order valence-electron chi connectivity index (χ2n) is 2.99. The first-order chi connectivity index (χ1) is 4.52. The summed E-state index contributed by atoms with van der Waals surface area (Å²) in [4.78, 5) is 3.99. The van der Waals surface area contributed by atoms with Crippen LogP contribution in [0.2, 0.25) is 0 Å². The topological polar surface area (TPSA) is 32.6 Å². The minimum atomic E-state index is -0.0730. The molecular formula is C7H12INO. The number of nitrogens with zero attached hydrogens (tertiary/aromatic N) is 1. The molecule has 0 heterocycles. The molecule has 0 aliphatic carbocycles. The largest absolute Gasteiger partial charge is 0.514 e. The van der Waals surface area contributed by atoms with E-state index in [4.69, 9.17) is 5.11 Å². The van der Waals surface area contributed by atoms with E-state index >= 15 is 0 Å². The van der Waals surface area contributed by atoms with Crippen LogP contribution >= 0.6 is 22.6 Å². The molecule has 0 rings (SSSR count). The molecule has 0 spiro atoms. The average Bonchev–Trinajstić information content (AvgIpc) is 1.80. The molecule has 10 heavy (non-hydrogen) atoms. The van der Waals surface area contributed by atoms with Gasteiger partial charge in [-0.2, -0.15) is 0 Å². The van der Waals surface area contributed by atoms with Gasteiger partial charge in [-0.05, 0) is 22.6 Å². The van der Waals surface area contributed by atoms with Crippen LogP contribution in [0.25, 0.3) is 0 Å². The van der Waals surface area contributed by atoms with E-state index in [1.807, 2.05) is 43.4 Å². The molecule has 0 atom stereocenters. The second kappa shape index (κ2) is 3.95. The van der Waals surface area contributed by atoms with Crippen LogP contribution in [0.5, 0.6) is 0 Å². The molecule has 0 fully saturated rings. The van der Waals surface area contributed by atoms with Gasteiger partial charge in [0.25, 0.3) is 0 Å². The van der Waals surface area contributed by atoms with E-state index in [0.29, 0.717) is 5.70 Å². The van der Waals surface area contributed by atoms with Crippen LogP contribution in [0.4, 0.5) is 0 Å². The van der Waals surface area contributed by atoms with Crippen molar-refractivity contribution in [3.8, 4) is 0 Å². The maximum atomic E-state index is 8.71. The Morgan fingerprint density at radius 3 is 2.10 bits per heavy atom. The predicted molar refractivity (Wildman–Crippen MR) is 52.7 cm³/mol. The second-order valence-corrected chi connectivity index (χ2v) is 3.55. The first-order valence-corrected chi connectivity index (χ1v) is 4.24. The van der Waals surface area contributed by atoms with Gasteiger partial charge < -0.3 is 5.11 Å². The van der Waals surface area contributed by atoms with Crippen LogP contribution in [0.3, 0.4) is 0 Å². The number of allylic oxidation sites excluding steroid dienone is 1. The van der Waals surface area contributed by atoms with Crippen LogP contribution < -0.4 is 0 Å². The standard InChI is InChI=1S/C7H12INO/c1-7(2,3)6(4-10)9-5-8/h4-5,10H,1-3H3/b6-4-,9-5?. The summed E-state index contributed by atoms with van der Waals surface area (Å²) in [6, 6.07) is 0. The average molecular weight is 253 g/mol. The van der Waals surface area contributed by atoms with Gasteiger partial charge in [0.2, 0.25) is 0 Å². The van der Waals surface area contributed by atoms with E-state index in [2.05, 4.69) is 4.99 Å². The molecule has 0 bridgehead atoms. The summed E-state index contributed by atoms with van der Waals surface area (Å²) in [6.07, 6.45) is 1.05. The molecular weight excluding hydrogens is 241 g/mol. The molecule has 0 aliphatic heterocycles. The number of hydrogen-bond donors (Lipinski definition) is 1. The summed E-state index contributed by atoms with van der Waals surface area (Å²) in [7, 11) is 0. The molecule has 0 radical (unpaired) electrons. The van der Waals surface area contributed by atoms with Gasteiger partial charge >= 0.3 is 0 Å². The maximum Gasteiger partial charge on any atom is 0.101 e. The molecule has 0 aromatic rings. The van der Waals surface area contributed by atoms with Gasteiger partial charge in [0.15, 0.2) is 0 Å². The fourth-order valence-corrected chi connectivity index (χ4v) is 0.773. The summed E-state index contributed by atoms with van der Waals surface area (Å²) in [5.74, 6) is 0. The van der Waals surface area contributed by atoms with E-state index in [1.54, 1.807) is 4.22 Å². The fourth-order valence-electron chi connectivity index (χ4n) is 0.473. The molecule has 0 aromatic carbocycles. The molecule has 0 unspecified atom stereocenters. The summed E-state index contributed by atoms with van der Waals surface area (Å²) >= 11 is 2.02. The third-order valence-corrected chi connectivity index (χ3v) is 1.36. The maximum absolute atomic E-state index is 8.71. The Balaban J connectivity index is 4.39. The molecule has 0 saturated heterocycles. The molecule has 0 aromatic heterocycles. The van der Waals surface area contributed by atoms with Crippen molar-refractivity contribution >= 4 is 26.8 Å². The van der Waals surface area contributed by atoms with Gasteiger partial charge in [0, 0.05) is 5.41 Å². The van der Waals surface area contributed by atoms with Gasteiger partial charge in [-0.1, -0.05) is 20.8 Å². The van der Waals surface area contributed by atoms with Crippen LogP contribution in [0.15, 0.2) is 17.0 Å². The summed E-state index contributed by atoms with van der Waals surface area (Å²) < 4.78 is 1.64. The van der Waals surface area contributed by atoms with Crippen molar-refractivity contribution in [3.63, 3.8) is 0 Å². The Hall–Kier alpha value is -0.0600. The zero-order valence-corrected chi connectivity index (χ0v) is 8.58. The number of rotatable bonds is 1. The zero-order valence-electron chi connectivity index (χ0n) is 6.43. The molecule has 2 nitrogen and oxygen atoms in total. The normalized spacial score (nSPS) is 14.6. The highest BCUT2D eigenvalue weighted by atomic mass is 127. The van der Waals surface area contributed by atoms with E-state index in [0.717, 1.165) is 6.26 Å². The van der Waals surface area contributed by atoms with Crippen molar-refractivity contribution in [1.29, 1.82) is 0 Å². The van der Waals surface area contributed by atoms with Crippen LogP contribution in [-0.4, -0.2) is 9.33 Å².